The molecular weight excluding hydrogens is 232 g/mol. The van der Waals surface area contributed by atoms with Gasteiger partial charge < -0.3 is 16.3 Å². The summed E-state index contributed by atoms with van der Waals surface area (Å²) in [5.74, 6) is -0.427. The Kier molecular flexibility index (Phi) is 4.25. The summed E-state index contributed by atoms with van der Waals surface area (Å²) in [6, 6.07) is 1.87. The van der Waals surface area contributed by atoms with Crippen molar-refractivity contribution < 1.29 is 10.0 Å². The summed E-state index contributed by atoms with van der Waals surface area (Å²) in [6.07, 6.45) is 3.40. The Hall–Kier alpha value is -2.11. The average Bonchev–Trinajstić information content (AvgIpc) is 2.36. The number of aryl methyl sites for hydroxylation is 1. The zero-order valence-electron chi connectivity index (χ0n) is 10.8. The topological polar surface area (TPSA) is 101 Å². The van der Waals surface area contributed by atoms with E-state index in [0.29, 0.717) is 6.54 Å². The van der Waals surface area contributed by atoms with Crippen LogP contribution in [0.15, 0.2) is 23.6 Å². The van der Waals surface area contributed by atoms with Gasteiger partial charge in [0.05, 0.1) is 0 Å². The van der Waals surface area contributed by atoms with Crippen LogP contribution in [-0.4, -0.2) is 21.9 Å². The highest BCUT2D eigenvalue weighted by Crippen LogP contribution is 2.15. The van der Waals surface area contributed by atoms with Crippen molar-refractivity contribution in [3.63, 3.8) is 0 Å². The summed E-state index contributed by atoms with van der Waals surface area (Å²) in [7, 11) is 0. The van der Waals surface area contributed by atoms with Crippen LogP contribution in [0.2, 0.25) is 0 Å². The maximum Gasteiger partial charge on any atom is 0.233 e. The van der Waals surface area contributed by atoms with Crippen molar-refractivity contribution in [1.29, 1.82) is 0 Å². The first-order chi connectivity index (χ1) is 8.39. The van der Waals surface area contributed by atoms with Crippen molar-refractivity contribution in [2.75, 3.05) is 0 Å². The molecule has 1 aromatic heterocycles. The first-order valence-electron chi connectivity index (χ1n) is 5.55. The van der Waals surface area contributed by atoms with Crippen LogP contribution in [-0.2, 0) is 11.3 Å². The Balaban J connectivity index is 2.70. The molecule has 98 valence electrons. The summed E-state index contributed by atoms with van der Waals surface area (Å²) in [6.45, 7) is 5.49. The molecule has 0 aliphatic heterocycles. The van der Waals surface area contributed by atoms with E-state index in [9.17, 15) is 4.79 Å². The molecule has 6 heteroatoms. The molecule has 0 aliphatic carbocycles. The molecule has 0 atom stereocenters. The average molecular weight is 250 g/mol. The number of carbonyl (C=O) groups excluding carboxylic acids is 1. The normalized spacial score (nSPS) is 12.3. The van der Waals surface area contributed by atoms with E-state index in [1.54, 1.807) is 26.2 Å². The lowest BCUT2D eigenvalue weighted by molar-refractivity contribution is -0.126. The summed E-state index contributed by atoms with van der Waals surface area (Å²) in [5.41, 5.74) is 6.41. The highest BCUT2D eigenvalue weighted by Gasteiger charge is 2.32. The lowest BCUT2D eigenvalue weighted by atomic mass is 9.91. The molecule has 18 heavy (non-hydrogen) atoms. The number of pyridine rings is 1. The van der Waals surface area contributed by atoms with Crippen LogP contribution in [0.25, 0.3) is 0 Å². The van der Waals surface area contributed by atoms with E-state index in [0.717, 1.165) is 11.1 Å². The fourth-order valence-electron chi connectivity index (χ4n) is 1.32. The Bertz CT molecular complexity index is 469. The molecule has 1 aromatic rings. The van der Waals surface area contributed by atoms with Gasteiger partial charge in [-0.2, -0.15) is 0 Å². The van der Waals surface area contributed by atoms with Gasteiger partial charge in [0.1, 0.15) is 5.41 Å². The molecule has 0 saturated heterocycles. The monoisotopic (exact) mass is 250 g/mol. The van der Waals surface area contributed by atoms with Crippen molar-refractivity contribution in [3.8, 4) is 0 Å². The summed E-state index contributed by atoms with van der Waals surface area (Å²) in [5, 5.41) is 14.2. The minimum atomic E-state index is -1.05. The molecule has 0 bridgehead atoms. The van der Waals surface area contributed by atoms with Crippen LogP contribution in [0, 0.1) is 12.3 Å². The van der Waals surface area contributed by atoms with Crippen LogP contribution in [0.5, 0.6) is 0 Å². The van der Waals surface area contributed by atoms with Crippen molar-refractivity contribution in [2.45, 2.75) is 27.3 Å². The Labute approximate surface area is 106 Å². The Morgan fingerprint density at radius 1 is 1.61 bits per heavy atom. The van der Waals surface area contributed by atoms with E-state index in [-0.39, 0.29) is 11.7 Å². The second kappa shape index (κ2) is 5.48. The number of amides is 1. The molecule has 1 rings (SSSR count). The summed E-state index contributed by atoms with van der Waals surface area (Å²) >= 11 is 0. The molecule has 0 aliphatic rings. The van der Waals surface area contributed by atoms with Gasteiger partial charge in [-0.15, -0.1) is 0 Å². The number of amidine groups is 1. The van der Waals surface area contributed by atoms with Gasteiger partial charge in [0, 0.05) is 18.9 Å². The van der Waals surface area contributed by atoms with Crippen LogP contribution in [0.1, 0.15) is 25.0 Å². The minimum Gasteiger partial charge on any atom is -0.409 e. The number of rotatable bonds is 4. The van der Waals surface area contributed by atoms with Crippen LogP contribution in [0.3, 0.4) is 0 Å². The highest BCUT2D eigenvalue weighted by molar-refractivity contribution is 6.05. The van der Waals surface area contributed by atoms with Crippen LogP contribution < -0.4 is 11.1 Å². The van der Waals surface area contributed by atoms with Gasteiger partial charge in [0.2, 0.25) is 5.91 Å². The van der Waals surface area contributed by atoms with Crippen molar-refractivity contribution in [3.05, 3.63) is 29.6 Å². The van der Waals surface area contributed by atoms with Gasteiger partial charge in [0.25, 0.3) is 0 Å². The molecule has 0 unspecified atom stereocenters. The third-order valence-corrected chi connectivity index (χ3v) is 2.90. The molecule has 0 radical (unpaired) electrons. The Morgan fingerprint density at radius 3 is 2.83 bits per heavy atom. The number of nitrogens with two attached hydrogens (primary N) is 1. The zero-order valence-corrected chi connectivity index (χ0v) is 10.8. The number of aromatic nitrogens is 1. The van der Waals surface area contributed by atoms with Gasteiger partial charge >= 0.3 is 0 Å². The van der Waals surface area contributed by atoms with E-state index < -0.39 is 5.41 Å². The van der Waals surface area contributed by atoms with Gasteiger partial charge in [-0.25, -0.2) is 0 Å². The van der Waals surface area contributed by atoms with E-state index in [4.69, 9.17) is 10.9 Å². The van der Waals surface area contributed by atoms with Crippen molar-refractivity contribution in [1.82, 2.24) is 10.3 Å². The van der Waals surface area contributed by atoms with E-state index >= 15 is 0 Å². The van der Waals surface area contributed by atoms with E-state index in [1.165, 1.54) is 0 Å². The van der Waals surface area contributed by atoms with Gasteiger partial charge in [-0.1, -0.05) is 5.16 Å². The van der Waals surface area contributed by atoms with Crippen molar-refractivity contribution >= 4 is 11.7 Å². The predicted octanol–water partition coefficient (Wildman–Crippen LogP) is 0.779. The van der Waals surface area contributed by atoms with Gasteiger partial charge in [0.15, 0.2) is 5.84 Å². The molecule has 1 amide bonds. The fraction of sp³-hybridized carbons (Fsp3) is 0.417. The predicted molar refractivity (Wildman–Crippen MR) is 68.0 cm³/mol. The van der Waals surface area contributed by atoms with Crippen LogP contribution >= 0.6 is 0 Å². The number of hydrogen-bond acceptors (Lipinski definition) is 4. The SMILES string of the molecule is Cc1ccncc1CNC(=O)C(C)(C)/C(N)=N/O. The largest absolute Gasteiger partial charge is 0.409 e. The third-order valence-electron chi connectivity index (χ3n) is 2.90. The molecule has 0 spiro atoms. The lowest BCUT2D eigenvalue weighted by Gasteiger charge is -2.21. The van der Waals surface area contributed by atoms with Crippen LogP contribution in [0.4, 0.5) is 0 Å². The highest BCUT2D eigenvalue weighted by atomic mass is 16.4. The molecular formula is C12H18N4O2. The van der Waals surface area contributed by atoms with Crippen molar-refractivity contribution in [2.24, 2.45) is 16.3 Å². The number of hydrogen-bond donors (Lipinski definition) is 3. The summed E-state index contributed by atoms with van der Waals surface area (Å²) in [4.78, 5) is 15.9. The first kappa shape index (κ1) is 14.0. The molecule has 0 aromatic carbocycles. The van der Waals surface area contributed by atoms with E-state index in [1.807, 2.05) is 13.0 Å². The number of nitrogens with one attached hydrogen (secondary N) is 1. The zero-order chi connectivity index (χ0) is 13.8. The van der Waals surface area contributed by atoms with Gasteiger partial charge in [-0.05, 0) is 38.0 Å². The molecule has 0 saturated carbocycles. The molecule has 6 nitrogen and oxygen atoms in total. The number of oxime groups is 1. The number of carbonyl (C=O) groups is 1. The van der Waals surface area contributed by atoms with Gasteiger partial charge in [-0.3, -0.25) is 9.78 Å². The third kappa shape index (κ3) is 2.97. The second-order valence-corrected chi connectivity index (χ2v) is 4.60. The quantitative estimate of drug-likeness (QED) is 0.318. The smallest absolute Gasteiger partial charge is 0.233 e. The first-order valence-corrected chi connectivity index (χ1v) is 5.55. The minimum absolute atomic E-state index is 0.122. The maximum absolute atomic E-state index is 11.9. The molecule has 4 N–H and O–H groups in total. The number of nitrogens with zero attached hydrogens (tertiary/aromatic N) is 2. The van der Waals surface area contributed by atoms with E-state index in [2.05, 4.69) is 15.5 Å². The Morgan fingerprint density at radius 2 is 2.28 bits per heavy atom. The maximum atomic E-state index is 11.9. The standard InChI is InChI=1S/C12H18N4O2/c1-8-4-5-14-6-9(8)7-15-11(17)12(2,3)10(13)16-18/h4-6,18H,7H2,1-3H3,(H2,13,16)(H,15,17). The fourth-order valence-corrected chi connectivity index (χ4v) is 1.32. The second-order valence-electron chi connectivity index (χ2n) is 4.60. The lowest BCUT2D eigenvalue weighted by Crippen LogP contribution is -2.45. The molecule has 1 heterocycles. The summed E-state index contributed by atoms with van der Waals surface area (Å²) < 4.78 is 0. The molecule has 0 fully saturated rings.